The first kappa shape index (κ1) is 12.7. The first-order chi connectivity index (χ1) is 8.16. The maximum absolute atomic E-state index is 11.9. The number of halogens is 1. The number of carbonyl (C=O) groups is 1. The predicted octanol–water partition coefficient (Wildman–Crippen LogP) is 3.58. The molecule has 17 heavy (non-hydrogen) atoms. The minimum Gasteiger partial charge on any atom is -0.292 e. The van der Waals surface area contributed by atoms with E-state index < -0.39 is 0 Å². The molecule has 0 bridgehead atoms. The molecule has 2 rings (SSSR count). The molecule has 0 aliphatic heterocycles. The van der Waals surface area contributed by atoms with Gasteiger partial charge >= 0.3 is 0 Å². The van der Waals surface area contributed by atoms with E-state index in [2.05, 4.69) is 25.9 Å². The number of rotatable bonds is 4. The second kappa shape index (κ2) is 5.75. The Morgan fingerprint density at radius 2 is 2.35 bits per heavy atom. The lowest BCUT2D eigenvalue weighted by molar-refractivity contribution is 0.102. The van der Waals surface area contributed by atoms with Gasteiger partial charge < -0.3 is 0 Å². The van der Waals surface area contributed by atoms with Gasteiger partial charge in [-0.25, -0.2) is 9.97 Å². The quantitative estimate of drug-likeness (QED) is 0.488. The summed E-state index contributed by atoms with van der Waals surface area (Å²) < 4.78 is 0.860. The first-order valence-electron chi connectivity index (χ1n) is 4.85. The molecule has 0 spiro atoms. The van der Waals surface area contributed by atoms with Crippen LogP contribution in [0, 0.1) is 6.92 Å². The molecular formula is C11H9BrN2OS2. The van der Waals surface area contributed by atoms with Crippen molar-refractivity contribution in [2.45, 2.75) is 12.1 Å². The second-order valence-corrected chi connectivity index (χ2v) is 6.00. The number of Topliss-reactive ketones (excluding diaryl/α,β-unsaturated/α-hetero) is 1. The zero-order chi connectivity index (χ0) is 12.3. The SMILES string of the molecule is Cc1ccnc(SCC(=O)c2sccc2Br)n1. The van der Waals surface area contributed by atoms with Crippen molar-refractivity contribution >= 4 is 44.8 Å². The molecule has 0 aliphatic rings. The van der Waals surface area contributed by atoms with Gasteiger partial charge in [0.1, 0.15) is 0 Å². The number of thiophene rings is 1. The van der Waals surface area contributed by atoms with Gasteiger partial charge in [-0.3, -0.25) is 4.79 Å². The Balaban J connectivity index is 1.99. The largest absolute Gasteiger partial charge is 0.292 e. The lowest BCUT2D eigenvalue weighted by atomic mass is 10.3. The molecule has 0 aliphatic carbocycles. The average molecular weight is 329 g/mol. The number of carbonyl (C=O) groups excluding carboxylic acids is 1. The van der Waals surface area contributed by atoms with Gasteiger partial charge in [-0.15, -0.1) is 11.3 Å². The van der Waals surface area contributed by atoms with E-state index in [9.17, 15) is 4.79 Å². The lowest BCUT2D eigenvalue weighted by Crippen LogP contribution is -2.01. The molecular weight excluding hydrogens is 320 g/mol. The van der Waals surface area contributed by atoms with Gasteiger partial charge in [-0.05, 0) is 40.4 Å². The van der Waals surface area contributed by atoms with Crippen molar-refractivity contribution in [2.24, 2.45) is 0 Å². The zero-order valence-electron chi connectivity index (χ0n) is 9.01. The molecule has 3 nitrogen and oxygen atoms in total. The molecule has 6 heteroatoms. The Kier molecular flexibility index (Phi) is 4.31. The van der Waals surface area contributed by atoms with Crippen molar-refractivity contribution in [1.82, 2.24) is 9.97 Å². The molecule has 0 radical (unpaired) electrons. The first-order valence-corrected chi connectivity index (χ1v) is 7.51. The highest BCUT2D eigenvalue weighted by molar-refractivity contribution is 9.10. The van der Waals surface area contributed by atoms with Gasteiger partial charge in [0.15, 0.2) is 10.9 Å². The van der Waals surface area contributed by atoms with Crippen LogP contribution in [-0.4, -0.2) is 21.5 Å². The van der Waals surface area contributed by atoms with E-state index in [0.717, 1.165) is 15.0 Å². The van der Waals surface area contributed by atoms with Gasteiger partial charge in [0.25, 0.3) is 0 Å². The second-order valence-electron chi connectivity index (χ2n) is 3.29. The summed E-state index contributed by atoms with van der Waals surface area (Å²) in [5.74, 6) is 0.463. The molecule has 0 unspecified atom stereocenters. The van der Waals surface area contributed by atoms with Crippen LogP contribution in [0.3, 0.4) is 0 Å². The number of ketones is 1. The Hall–Kier alpha value is -0.720. The van der Waals surface area contributed by atoms with E-state index in [-0.39, 0.29) is 5.78 Å². The van der Waals surface area contributed by atoms with Crippen molar-refractivity contribution in [1.29, 1.82) is 0 Å². The van der Waals surface area contributed by atoms with Crippen molar-refractivity contribution < 1.29 is 4.79 Å². The molecule has 0 N–H and O–H groups in total. The average Bonchev–Trinajstić information content (AvgIpc) is 2.72. The van der Waals surface area contributed by atoms with E-state index in [1.807, 2.05) is 24.4 Å². The van der Waals surface area contributed by atoms with E-state index in [4.69, 9.17) is 0 Å². The summed E-state index contributed by atoms with van der Waals surface area (Å²) in [6, 6.07) is 3.72. The molecule has 2 heterocycles. The minimum absolute atomic E-state index is 0.0991. The molecule has 0 atom stereocenters. The van der Waals surface area contributed by atoms with Crippen molar-refractivity contribution in [2.75, 3.05) is 5.75 Å². The number of nitrogens with zero attached hydrogens (tertiary/aromatic N) is 2. The standard InChI is InChI=1S/C11H9BrN2OS2/c1-7-2-4-13-11(14-7)17-6-9(15)10-8(12)3-5-16-10/h2-5H,6H2,1H3. The van der Waals surface area contributed by atoms with Crippen LogP contribution in [0.25, 0.3) is 0 Å². The van der Waals surface area contributed by atoms with Crippen LogP contribution in [0.5, 0.6) is 0 Å². The molecule has 2 aromatic rings. The van der Waals surface area contributed by atoms with E-state index >= 15 is 0 Å². The maximum atomic E-state index is 11.9. The van der Waals surface area contributed by atoms with Crippen molar-refractivity contribution in [3.63, 3.8) is 0 Å². The van der Waals surface area contributed by atoms with Crippen LogP contribution in [-0.2, 0) is 0 Å². The summed E-state index contributed by atoms with van der Waals surface area (Å²) in [7, 11) is 0. The van der Waals surface area contributed by atoms with Gasteiger partial charge in [-0.1, -0.05) is 11.8 Å². The molecule has 2 aromatic heterocycles. The number of aryl methyl sites for hydroxylation is 1. The van der Waals surface area contributed by atoms with Crippen LogP contribution in [0.1, 0.15) is 15.4 Å². The predicted molar refractivity (Wildman–Crippen MR) is 73.8 cm³/mol. The summed E-state index contributed by atoms with van der Waals surface area (Å²) in [5.41, 5.74) is 0.909. The highest BCUT2D eigenvalue weighted by atomic mass is 79.9. The summed E-state index contributed by atoms with van der Waals surface area (Å²) in [6.07, 6.45) is 1.70. The van der Waals surface area contributed by atoms with Gasteiger partial charge in [0.2, 0.25) is 0 Å². The van der Waals surface area contributed by atoms with Crippen LogP contribution < -0.4 is 0 Å². The topological polar surface area (TPSA) is 42.9 Å². The Labute approximate surface area is 116 Å². The van der Waals surface area contributed by atoms with Gasteiger partial charge in [0, 0.05) is 16.4 Å². The van der Waals surface area contributed by atoms with Crippen LogP contribution in [0.4, 0.5) is 0 Å². The van der Waals surface area contributed by atoms with E-state index in [0.29, 0.717) is 10.9 Å². The summed E-state index contributed by atoms with van der Waals surface area (Å²) in [6.45, 7) is 1.91. The van der Waals surface area contributed by atoms with Gasteiger partial charge in [0.05, 0.1) is 10.6 Å². The fourth-order valence-electron chi connectivity index (χ4n) is 1.18. The zero-order valence-corrected chi connectivity index (χ0v) is 12.2. The minimum atomic E-state index is 0.0991. The maximum Gasteiger partial charge on any atom is 0.188 e. The smallest absolute Gasteiger partial charge is 0.188 e. The number of aromatic nitrogens is 2. The van der Waals surface area contributed by atoms with Crippen molar-refractivity contribution in [3.8, 4) is 0 Å². The number of hydrogen-bond acceptors (Lipinski definition) is 5. The number of hydrogen-bond donors (Lipinski definition) is 0. The molecule has 0 amide bonds. The van der Waals surface area contributed by atoms with Crippen molar-refractivity contribution in [3.05, 3.63) is 38.8 Å². The van der Waals surface area contributed by atoms with Gasteiger partial charge in [-0.2, -0.15) is 0 Å². The third kappa shape index (κ3) is 3.37. The highest BCUT2D eigenvalue weighted by Crippen LogP contribution is 2.25. The summed E-state index contributed by atoms with van der Waals surface area (Å²) in [5, 5.41) is 2.54. The fourth-order valence-corrected chi connectivity index (χ4v) is 3.56. The normalized spacial score (nSPS) is 10.5. The Morgan fingerprint density at radius 1 is 1.53 bits per heavy atom. The van der Waals surface area contributed by atoms with Crippen LogP contribution in [0.15, 0.2) is 33.3 Å². The lowest BCUT2D eigenvalue weighted by Gasteiger charge is -1.99. The third-order valence-corrected chi connectivity index (χ3v) is 4.72. The summed E-state index contributed by atoms with van der Waals surface area (Å²) in [4.78, 5) is 21.0. The Bertz CT molecular complexity index is 542. The third-order valence-electron chi connectivity index (χ3n) is 1.98. The van der Waals surface area contributed by atoms with Crippen LogP contribution in [0.2, 0.25) is 0 Å². The Morgan fingerprint density at radius 3 is 3.00 bits per heavy atom. The van der Waals surface area contributed by atoms with Crippen LogP contribution >= 0.6 is 39.0 Å². The van der Waals surface area contributed by atoms with E-state index in [1.54, 1.807) is 6.20 Å². The molecule has 0 aromatic carbocycles. The molecule has 0 saturated heterocycles. The summed E-state index contributed by atoms with van der Waals surface area (Å²) >= 11 is 6.16. The number of thioether (sulfide) groups is 1. The monoisotopic (exact) mass is 328 g/mol. The molecule has 88 valence electrons. The van der Waals surface area contributed by atoms with E-state index in [1.165, 1.54) is 23.1 Å². The highest BCUT2D eigenvalue weighted by Gasteiger charge is 2.12. The molecule has 0 saturated carbocycles. The fraction of sp³-hybridized carbons (Fsp3) is 0.182. The molecule has 0 fully saturated rings.